The molecule has 1 fully saturated rings. The fourth-order valence-electron chi connectivity index (χ4n) is 2.76. The van der Waals surface area contributed by atoms with E-state index in [9.17, 15) is 4.39 Å². The molecule has 3 heterocycles. The molecule has 5 nitrogen and oxygen atoms in total. The molecule has 6 heteroatoms. The van der Waals surface area contributed by atoms with Crippen molar-refractivity contribution in [1.82, 2.24) is 15.0 Å². The Labute approximate surface area is 132 Å². The molecule has 0 bridgehead atoms. The average Bonchev–Trinajstić information content (AvgIpc) is 2.54. The van der Waals surface area contributed by atoms with Crippen molar-refractivity contribution < 1.29 is 9.13 Å². The highest BCUT2D eigenvalue weighted by Gasteiger charge is 2.29. The maximum absolute atomic E-state index is 13.5. The van der Waals surface area contributed by atoms with Gasteiger partial charge in [0.25, 0.3) is 0 Å². The molecule has 0 atom stereocenters. The van der Waals surface area contributed by atoms with Gasteiger partial charge in [-0.3, -0.25) is 4.98 Å². The summed E-state index contributed by atoms with van der Waals surface area (Å²) < 4.78 is 19.2. The van der Waals surface area contributed by atoms with E-state index in [0.29, 0.717) is 12.5 Å². The first-order valence-corrected chi connectivity index (χ1v) is 7.47. The van der Waals surface area contributed by atoms with Gasteiger partial charge in [0, 0.05) is 30.6 Å². The lowest BCUT2D eigenvalue weighted by Gasteiger charge is -2.40. The van der Waals surface area contributed by atoms with Crippen LogP contribution in [0.4, 0.5) is 10.2 Å². The van der Waals surface area contributed by atoms with Crippen molar-refractivity contribution in [2.75, 3.05) is 24.6 Å². The van der Waals surface area contributed by atoms with E-state index in [1.165, 1.54) is 18.5 Å². The van der Waals surface area contributed by atoms with Crippen LogP contribution in [0.25, 0.3) is 10.9 Å². The van der Waals surface area contributed by atoms with E-state index in [4.69, 9.17) is 4.74 Å². The summed E-state index contributed by atoms with van der Waals surface area (Å²) in [5.41, 5.74) is 0.756. The Morgan fingerprint density at radius 2 is 2.13 bits per heavy atom. The van der Waals surface area contributed by atoms with Crippen LogP contribution >= 0.6 is 0 Å². The summed E-state index contributed by atoms with van der Waals surface area (Å²) in [4.78, 5) is 14.7. The standard InChI is InChI=1S/C17H15FN4O/c18-13-3-4-16-15(6-13)17(21-11-20-16)22-8-12(9-22)10-23-14-2-1-5-19-7-14/h1-7,11-12H,8-10H2. The summed E-state index contributed by atoms with van der Waals surface area (Å²) in [5, 5.41) is 0.749. The number of rotatable bonds is 4. The number of fused-ring (bicyclic) bond motifs is 1. The van der Waals surface area contributed by atoms with Gasteiger partial charge in [0.15, 0.2) is 0 Å². The molecule has 2 aromatic heterocycles. The van der Waals surface area contributed by atoms with E-state index >= 15 is 0 Å². The minimum absolute atomic E-state index is 0.273. The highest BCUT2D eigenvalue weighted by atomic mass is 19.1. The van der Waals surface area contributed by atoms with Crippen LogP contribution < -0.4 is 9.64 Å². The van der Waals surface area contributed by atoms with Crippen LogP contribution in [0.15, 0.2) is 49.1 Å². The fourth-order valence-corrected chi connectivity index (χ4v) is 2.76. The number of anilines is 1. The van der Waals surface area contributed by atoms with Crippen LogP contribution in [-0.4, -0.2) is 34.6 Å². The van der Waals surface area contributed by atoms with Crippen LogP contribution in [0.3, 0.4) is 0 Å². The van der Waals surface area contributed by atoms with Crippen molar-refractivity contribution in [2.24, 2.45) is 5.92 Å². The lowest BCUT2D eigenvalue weighted by atomic mass is 10.0. The highest BCUT2D eigenvalue weighted by molar-refractivity contribution is 5.89. The average molecular weight is 310 g/mol. The van der Waals surface area contributed by atoms with E-state index < -0.39 is 0 Å². The van der Waals surface area contributed by atoms with Gasteiger partial charge < -0.3 is 9.64 Å². The second kappa shape index (κ2) is 5.79. The predicted octanol–water partition coefficient (Wildman–Crippen LogP) is 2.68. The molecule has 23 heavy (non-hydrogen) atoms. The number of ether oxygens (including phenoxy) is 1. The van der Waals surface area contributed by atoms with Crippen LogP contribution in [0.5, 0.6) is 5.75 Å². The smallest absolute Gasteiger partial charge is 0.140 e. The summed E-state index contributed by atoms with van der Waals surface area (Å²) in [6, 6.07) is 8.33. The van der Waals surface area contributed by atoms with Gasteiger partial charge in [-0.1, -0.05) is 0 Å². The van der Waals surface area contributed by atoms with Crippen molar-refractivity contribution in [2.45, 2.75) is 0 Å². The number of pyridine rings is 1. The van der Waals surface area contributed by atoms with Crippen LogP contribution in [-0.2, 0) is 0 Å². The number of halogens is 1. The molecular formula is C17H15FN4O. The van der Waals surface area contributed by atoms with E-state index in [1.54, 1.807) is 18.5 Å². The third kappa shape index (κ3) is 2.79. The van der Waals surface area contributed by atoms with Crippen molar-refractivity contribution in [3.8, 4) is 5.75 Å². The number of nitrogens with zero attached hydrogens (tertiary/aromatic N) is 4. The first-order valence-electron chi connectivity index (χ1n) is 7.47. The molecule has 0 radical (unpaired) electrons. The third-order valence-electron chi connectivity index (χ3n) is 3.95. The topological polar surface area (TPSA) is 51.1 Å². The van der Waals surface area contributed by atoms with E-state index in [0.717, 1.165) is 35.6 Å². The molecule has 1 saturated heterocycles. The number of hydrogen-bond acceptors (Lipinski definition) is 5. The summed E-state index contributed by atoms with van der Waals surface area (Å²) in [7, 11) is 0. The molecule has 0 N–H and O–H groups in total. The van der Waals surface area contributed by atoms with E-state index in [-0.39, 0.29) is 5.82 Å². The Morgan fingerprint density at radius 1 is 1.22 bits per heavy atom. The van der Waals surface area contributed by atoms with Gasteiger partial charge in [-0.15, -0.1) is 0 Å². The van der Waals surface area contributed by atoms with Crippen molar-refractivity contribution in [3.05, 3.63) is 54.9 Å². The summed E-state index contributed by atoms with van der Waals surface area (Å²) in [6.45, 7) is 2.31. The van der Waals surface area contributed by atoms with Gasteiger partial charge in [0.2, 0.25) is 0 Å². The number of hydrogen-bond donors (Lipinski definition) is 0. The second-order valence-corrected chi connectivity index (χ2v) is 5.63. The maximum atomic E-state index is 13.5. The Hall–Kier alpha value is -2.76. The second-order valence-electron chi connectivity index (χ2n) is 5.63. The molecule has 0 unspecified atom stereocenters. The van der Waals surface area contributed by atoms with Gasteiger partial charge in [-0.25, -0.2) is 14.4 Å². The minimum atomic E-state index is -0.273. The Bertz CT molecular complexity index is 821. The molecule has 0 saturated carbocycles. The molecule has 0 amide bonds. The Balaban J connectivity index is 1.43. The largest absolute Gasteiger partial charge is 0.492 e. The molecule has 116 valence electrons. The summed E-state index contributed by atoms with van der Waals surface area (Å²) in [5.74, 6) is 1.71. The fraction of sp³-hybridized carbons (Fsp3) is 0.235. The zero-order valence-electron chi connectivity index (χ0n) is 12.4. The lowest BCUT2D eigenvalue weighted by Crippen LogP contribution is -2.49. The molecule has 4 rings (SSSR count). The summed E-state index contributed by atoms with van der Waals surface area (Å²) in [6.07, 6.45) is 4.95. The van der Waals surface area contributed by atoms with Crippen molar-refractivity contribution in [1.29, 1.82) is 0 Å². The molecule has 0 aliphatic carbocycles. The van der Waals surface area contributed by atoms with Gasteiger partial charge in [0.05, 0.1) is 18.3 Å². The van der Waals surface area contributed by atoms with Crippen LogP contribution in [0.1, 0.15) is 0 Å². The first-order chi connectivity index (χ1) is 11.3. The Morgan fingerprint density at radius 3 is 2.96 bits per heavy atom. The SMILES string of the molecule is Fc1ccc2ncnc(N3CC(COc4cccnc4)C3)c2c1. The zero-order valence-corrected chi connectivity index (χ0v) is 12.4. The normalized spacial score (nSPS) is 14.7. The Kier molecular flexibility index (Phi) is 3.49. The quantitative estimate of drug-likeness (QED) is 0.741. The van der Waals surface area contributed by atoms with Gasteiger partial charge in [-0.2, -0.15) is 0 Å². The molecule has 1 aliphatic heterocycles. The maximum Gasteiger partial charge on any atom is 0.140 e. The third-order valence-corrected chi connectivity index (χ3v) is 3.95. The van der Waals surface area contributed by atoms with Crippen molar-refractivity contribution in [3.63, 3.8) is 0 Å². The van der Waals surface area contributed by atoms with Gasteiger partial charge in [-0.05, 0) is 30.3 Å². The summed E-state index contributed by atoms with van der Waals surface area (Å²) >= 11 is 0. The lowest BCUT2D eigenvalue weighted by molar-refractivity contribution is 0.219. The monoisotopic (exact) mass is 310 g/mol. The highest BCUT2D eigenvalue weighted by Crippen LogP contribution is 2.29. The van der Waals surface area contributed by atoms with E-state index in [1.807, 2.05) is 12.1 Å². The van der Waals surface area contributed by atoms with Crippen molar-refractivity contribution >= 4 is 16.7 Å². The van der Waals surface area contributed by atoms with E-state index in [2.05, 4.69) is 19.9 Å². The predicted molar refractivity (Wildman–Crippen MR) is 84.9 cm³/mol. The number of benzene rings is 1. The van der Waals surface area contributed by atoms with Crippen LogP contribution in [0.2, 0.25) is 0 Å². The molecular weight excluding hydrogens is 295 g/mol. The van der Waals surface area contributed by atoms with Gasteiger partial charge >= 0.3 is 0 Å². The van der Waals surface area contributed by atoms with Gasteiger partial charge in [0.1, 0.15) is 23.7 Å². The van der Waals surface area contributed by atoms with Crippen LogP contribution in [0, 0.1) is 11.7 Å². The minimum Gasteiger partial charge on any atom is -0.492 e. The molecule has 0 spiro atoms. The zero-order chi connectivity index (χ0) is 15.6. The molecule has 3 aromatic rings. The molecule has 1 aromatic carbocycles. The number of aromatic nitrogens is 3. The molecule has 1 aliphatic rings. The first kappa shape index (κ1) is 13.9.